The number of carbonyl (C=O) groups is 1. The second kappa shape index (κ2) is 4.29. The van der Waals surface area contributed by atoms with Gasteiger partial charge in [-0.1, -0.05) is 5.92 Å². The van der Waals surface area contributed by atoms with Crippen molar-refractivity contribution in [1.82, 2.24) is 10.2 Å². The van der Waals surface area contributed by atoms with Gasteiger partial charge in [0.15, 0.2) is 0 Å². The van der Waals surface area contributed by atoms with Gasteiger partial charge in [-0.05, 0) is 19.8 Å². The summed E-state index contributed by atoms with van der Waals surface area (Å²) >= 11 is 0. The number of hydrogen-bond donors (Lipinski definition) is 1. The minimum Gasteiger partial charge on any atom is -0.342 e. The molecule has 1 saturated carbocycles. The van der Waals surface area contributed by atoms with Crippen molar-refractivity contribution in [1.29, 1.82) is 0 Å². The van der Waals surface area contributed by atoms with Gasteiger partial charge in [0.05, 0.1) is 12.6 Å². The van der Waals surface area contributed by atoms with Crippen molar-refractivity contribution in [2.75, 3.05) is 13.6 Å². The van der Waals surface area contributed by atoms with Gasteiger partial charge in [0, 0.05) is 13.1 Å². The Hall–Kier alpha value is -1.01. The van der Waals surface area contributed by atoms with E-state index in [4.69, 9.17) is 6.42 Å². The van der Waals surface area contributed by atoms with E-state index >= 15 is 0 Å². The van der Waals surface area contributed by atoms with E-state index in [1.165, 1.54) is 0 Å². The molecule has 72 valence electrons. The molecule has 0 aromatic rings. The van der Waals surface area contributed by atoms with E-state index in [-0.39, 0.29) is 11.9 Å². The molecule has 0 saturated heterocycles. The normalized spacial score (nSPS) is 17.6. The first-order valence-corrected chi connectivity index (χ1v) is 4.60. The van der Waals surface area contributed by atoms with Crippen molar-refractivity contribution in [3.8, 4) is 12.3 Å². The summed E-state index contributed by atoms with van der Waals surface area (Å²) in [6.07, 6.45) is 7.46. The summed E-state index contributed by atoms with van der Waals surface area (Å²) in [6, 6.07) is 0.451. The van der Waals surface area contributed by atoms with Crippen LogP contribution >= 0.6 is 0 Å². The monoisotopic (exact) mass is 180 g/mol. The predicted octanol–water partition coefficient (Wildman–Crippen LogP) is 0.218. The Morgan fingerprint density at radius 1 is 1.77 bits per heavy atom. The molecule has 1 aliphatic carbocycles. The van der Waals surface area contributed by atoms with E-state index in [1.54, 1.807) is 4.90 Å². The number of terminal acetylenes is 1. The van der Waals surface area contributed by atoms with Crippen LogP contribution in [0.2, 0.25) is 0 Å². The standard InChI is InChI=1S/C10H16N2O/c1-4-8(2)11-7-10(13)12(3)9-5-6-9/h1,8-9,11H,5-7H2,2-3H3. The summed E-state index contributed by atoms with van der Waals surface area (Å²) in [4.78, 5) is 13.2. The van der Waals surface area contributed by atoms with Crippen LogP contribution in [0.3, 0.4) is 0 Å². The number of nitrogens with one attached hydrogen (secondary N) is 1. The van der Waals surface area contributed by atoms with Gasteiger partial charge in [-0.3, -0.25) is 10.1 Å². The van der Waals surface area contributed by atoms with Gasteiger partial charge in [0.1, 0.15) is 0 Å². The number of hydrogen-bond acceptors (Lipinski definition) is 2. The molecule has 0 aromatic carbocycles. The van der Waals surface area contributed by atoms with Crippen molar-refractivity contribution in [2.24, 2.45) is 0 Å². The van der Waals surface area contributed by atoms with Crippen molar-refractivity contribution < 1.29 is 4.79 Å². The van der Waals surface area contributed by atoms with Crippen LogP contribution in [0.25, 0.3) is 0 Å². The molecular formula is C10H16N2O. The molecule has 1 atom stereocenters. The Labute approximate surface area is 79.5 Å². The highest BCUT2D eigenvalue weighted by molar-refractivity contribution is 5.78. The zero-order chi connectivity index (χ0) is 9.84. The van der Waals surface area contributed by atoms with Crippen LogP contribution in [-0.2, 0) is 4.79 Å². The molecule has 1 unspecified atom stereocenters. The third-order valence-electron chi connectivity index (χ3n) is 2.30. The van der Waals surface area contributed by atoms with E-state index in [0.29, 0.717) is 12.6 Å². The lowest BCUT2D eigenvalue weighted by molar-refractivity contribution is -0.129. The molecule has 1 rings (SSSR count). The first kappa shape index (κ1) is 10.1. The number of carbonyl (C=O) groups excluding carboxylic acids is 1. The average Bonchev–Trinajstić information content (AvgIpc) is 2.95. The Balaban J connectivity index is 2.21. The summed E-state index contributed by atoms with van der Waals surface area (Å²) in [5.74, 6) is 2.65. The topological polar surface area (TPSA) is 32.3 Å². The number of likely N-dealkylation sites (N-methyl/N-ethyl adjacent to an activating group) is 1. The Morgan fingerprint density at radius 3 is 2.85 bits per heavy atom. The third kappa shape index (κ3) is 3.08. The van der Waals surface area contributed by atoms with Crippen LogP contribution in [0, 0.1) is 12.3 Å². The van der Waals surface area contributed by atoms with E-state index in [0.717, 1.165) is 12.8 Å². The molecule has 0 heterocycles. The van der Waals surface area contributed by atoms with Gasteiger partial charge in [-0.25, -0.2) is 0 Å². The lowest BCUT2D eigenvalue weighted by atomic mass is 10.3. The number of nitrogens with zero attached hydrogens (tertiary/aromatic N) is 1. The highest BCUT2D eigenvalue weighted by atomic mass is 16.2. The minimum atomic E-state index is -0.0310. The van der Waals surface area contributed by atoms with E-state index in [2.05, 4.69) is 11.2 Å². The van der Waals surface area contributed by atoms with Crippen molar-refractivity contribution in [3.63, 3.8) is 0 Å². The fourth-order valence-electron chi connectivity index (χ4n) is 1.09. The molecule has 1 aliphatic rings. The fourth-order valence-corrected chi connectivity index (χ4v) is 1.09. The lowest BCUT2D eigenvalue weighted by Crippen LogP contribution is -2.39. The van der Waals surface area contributed by atoms with Gasteiger partial charge in [-0.2, -0.15) is 0 Å². The maximum absolute atomic E-state index is 11.4. The first-order valence-electron chi connectivity index (χ1n) is 4.60. The second-order valence-electron chi connectivity index (χ2n) is 3.51. The molecule has 0 aliphatic heterocycles. The highest BCUT2D eigenvalue weighted by Crippen LogP contribution is 2.24. The van der Waals surface area contributed by atoms with Gasteiger partial charge in [-0.15, -0.1) is 6.42 Å². The van der Waals surface area contributed by atoms with Crippen LogP contribution < -0.4 is 5.32 Å². The summed E-state index contributed by atoms with van der Waals surface area (Å²) in [6.45, 7) is 2.21. The van der Waals surface area contributed by atoms with Crippen LogP contribution in [0.5, 0.6) is 0 Å². The first-order chi connectivity index (χ1) is 6.15. The molecule has 1 N–H and O–H groups in total. The quantitative estimate of drug-likeness (QED) is 0.628. The molecule has 0 spiro atoms. The molecule has 13 heavy (non-hydrogen) atoms. The largest absolute Gasteiger partial charge is 0.342 e. The van der Waals surface area contributed by atoms with Gasteiger partial charge in [0.25, 0.3) is 0 Å². The predicted molar refractivity (Wildman–Crippen MR) is 52.1 cm³/mol. The molecular weight excluding hydrogens is 164 g/mol. The summed E-state index contributed by atoms with van der Waals surface area (Å²) in [5, 5.41) is 2.97. The Kier molecular flexibility index (Phi) is 3.32. The Morgan fingerprint density at radius 2 is 2.38 bits per heavy atom. The number of amides is 1. The average molecular weight is 180 g/mol. The molecule has 0 bridgehead atoms. The van der Waals surface area contributed by atoms with Crippen molar-refractivity contribution in [2.45, 2.75) is 31.8 Å². The van der Waals surface area contributed by atoms with E-state index in [1.807, 2.05) is 14.0 Å². The number of rotatable bonds is 4. The zero-order valence-electron chi connectivity index (χ0n) is 8.21. The molecule has 1 fully saturated rings. The maximum Gasteiger partial charge on any atom is 0.236 e. The van der Waals surface area contributed by atoms with Crippen LogP contribution in [-0.4, -0.2) is 36.5 Å². The summed E-state index contributed by atoms with van der Waals surface area (Å²) in [7, 11) is 1.85. The van der Waals surface area contributed by atoms with Crippen LogP contribution in [0.1, 0.15) is 19.8 Å². The van der Waals surface area contributed by atoms with E-state index in [9.17, 15) is 4.79 Å². The van der Waals surface area contributed by atoms with Gasteiger partial charge < -0.3 is 4.90 Å². The molecule has 0 radical (unpaired) electrons. The molecule has 1 amide bonds. The van der Waals surface area contributed by atoms with Crippen molar-refractivity contribution in [3.05, 3.63) is 0 Å². The SMILES string of the molecule is C#CC(C)NCC(=O)N(C)C1CC1. The molecule has 3 heteroatoms. The van der Waals surface area contributed by atoms with Crippen LogP contribution in [0.4, 0.5) is 0 Å². The zero-order valence-corrected chi connectivity index (χ0v) is 8.21. The van der Waals surface area contributed by atoms with Gasteiger partial charge >= 0.3 is 0 Å². The van der Waals surface area contributed by atoms with Crippen molar-refractivity contribution >= 4 is 5.91 Å². The van der Waals surface area contributed by atoms with E-state index < -0.39 is 0 Å². The molecule has 3 nitrogen and oxygen atoms in total. The maximum atomic E-state index is 11.4. The second-order valence-corrected chi connectivity index (χ2v) is 3.51. The minimum absolute atomic E-state index is 0.0310. The fraction of sp³-hybridized carbons (Fsp3) is 0.700. The lowest BCUT2D eigenvalue weighted by Gasteiger charge is -2.17. The Bertz CT molecular complexity index is 228. The van der Waals surface area contributed by atoms with Crippen LogP contribution in [0.15, 0.2) is 0 Å². The summed E-state index contributed by atoms with van der Waals surface area (Å²) < 4.78 is 0. The summed E-state index contributed by atoms with van der Waals surface area (Å²) in [5.41, 5.74) is 0. The van der Waals surface area contributed by atoms with Gasteiger partial charge in [0.2, 0.25) is 5.91 Å². The highest BCUT2D eigenvalue weighted by Gasteiger charge is 2.29. The smallest absolute Gasteiger partial charge is 0.236 e. The molecule has 0 aromatic heterocycles. The third-order valence-corrected chi connectivity index (χ3v) is 2.30.